The predicted molar refractivity (Wildman–Crippen MR) is 132 cm³/mol. The molecule has 4 heterocycles. The van der Waals surface area contributed by atoms with Gasteiger partial charge in [0.05, 0.1) is 16.1 Å². The molecular weight excluding hydrogens is 416 g/mol. The maximum absolute atomic E-state index is 11.8. The Balaban J connectivity index is 1.47. The van der Waals surface area contributed by atoms with E-state index >= 15 is 0 Å². The first-order chi connectivity index (χ1) is 15.7. The number of rotatable bonds is 4. The van der Waals surface area contributed by atoms with Crippen molar-refractivity contribution in [3.05, 3.63) is 71.1 Å². The second kappa shape index (κ2) is 7.58. The lowest BCUT2D eigenvalue weighted by atomic mass is 9.98. The number of hydrogen-bond acceptors (Lipinski definition) is 4. The molecule has 2 aromatic carbocycles. The molecule has 0 radical (unpaired) electrons. The molecule has 3 N–H and O–H groups in total. The number of aromatic nitrogens is 3. The summed E-state index contributed by atoms with van der Waals surface area (Å²) in [7, 11) is 0. The number of thiophene rings is 1. The normalized spacial score (nSPS) is 14.2. The Morgan fingerprint density at radius 2 is 1.97 bits per heavy atom. The van der Waals surface area contributed by atoms with E-state index in [9.17, 15) is 4.79 Å². The Morgan fingerprint density at radius 3 is 2.78 bits per heavy atom. The number of hydrogen-bond donors (Lipinski definition) is 3. The van der Waals surface area contributed by atoms with Crippen molar-refractivity contribution in [1.82, 2.24) is 20.5 Å². The highest BCUT2D eigenvalue weighted by Gasteiger charge is 2.16. The van der Waals surface area contributed by atoms with Crippen LogP contribution in [-0.2, 0) is 0 Å². The first-order valence-corrected chi connectivity index (χ1v) is 11.6. The lowest BCUT2D eigenvalue weighted by Crippen LogP contribution is -2.19. The van der Waals surface area contributed by atoms with Crippen molar-refractivity contribution in [2.75, 3.05) is 13.1 Å². The number of ketones is 1. The van der Waals surface area contributed by atoms with Gasteiger partial charge in [0.15, 0.2) is 5.78 Å². The van der Waals surface area contributed by atoms with Crippen LogP contribution in [0.5, 0.6) is 0 Å². The number of benzene rings is 2. The topological polar surface area (TPSA) is 73.6 Å². The third-order valence-corrected chi connectivity index (χ3v) is 7.35. The van der Waals surface area contributed by atoms with E-state index in [4.69, 9.17) is 0 Å². The second-order valence-electron chi connectivity index (χ2n) is 8.19. The average molecular weight is 439 g/mol. The Kier molecular flexibility index (Phi) is 4.56. The minimum atomic E-state index is 0.103. The van der Waals surface area contributed by atoms with Gasteiger partial charge >= 0.3 is 0 Å². The van der Waals surface area contributed by atoms with Gasteiger partial charge in [-0.15, -0.1) is 11.3 Å². The second-order valence-corrected chi connectivity index (χ2v) is 9.27. The van der Waals surface area contributed by atoms with E-state index in [0.29, 0.717) is 0 Å². The van der Waals surface area contributed by atoms with E-state index in [-0.39, 0.29) is 5.78 Å². The zero-order valence-corrected chi connectivity index (χ0v) is 18.5. The third kappa shape index (κ3) is 3.20. The van der Waals surface area contributed by atoms with Crippen LogP contribution in [0.15, 0.2) is 60.7 Å². The standard InChI is InChI=1S/C26H22N4OS/c1-15(31)24-7-8-25(32-24)18-3-2-4-21-19(18)14-23(28-21)26-20-13-17(5-6-22(20)29-30-26)16-9-11-27-12-10-16/h2-9,13-14,27-28H,10-12H2,1H3,(H,29,30). The van der Waals surface area contributed by atoms with Crippen molar-refractivity contribution >= 4 is 44.5 Å². The maximum atomic E-state index is 11.8. The minimum absolute atomic E-state index is 0.103. The van der Waals surface area contributed by atoms with E-state index < -0.39 is 0 Å². The quantitative estimate of drug-likeness (QED) is 0.300. The minimum Gasteiger partial charge on any atom is -0.353 e. The smallest absolute Gasteiger partial charge is 0.169 e. The Morgan fingerprint density at radius 1 is 1.03 bits per heavy atom. The van der Waals surface area contributed by atoms with Crippen molar-refractivity contribution in [1.29, 1.82) is 0 Å². The van der Waals surface area contributed by atoms with Gasteiger partial charge in [0.25, 0.3) is 0 Å². The van der Waals surface area contributed by atoms with Gasteiger partial charge in [-0.2, -0.15) is 5.10 Å². The lowest BCUT2D eigenvalue weighted by molar-refractivity contribution is 0.102. The number of Topliss-reactive ketones (excluding diaryl/α,β-unsaturated/α-hetero) is 1. The number of nitrogens with one attached hydrogen (secondary N) is 3. The first kappa shape index (κ1) is 19.2. The van der Waals surface area contributed by atoms with Crippen LogP contribution in [-0.4, -0.2) is 34.1 Å². The fourth-order valence-electron chi connectivity index (χ4n) is 4.47. The Bertz CT molecular complexity index is 1520. The predicted octanol–water partition coefficient (Wildman–Crippen LogP) is 6.02. The zero-order valence-electron chi connectivity index (χ0n) is 17.7. The van der Waals surface area contributed by atoms with Gasteiger partial charge in [-0.05, 0) is 67.4 Å². The molecule has 5 nitrogen and oxygen atoms in total. The summed E-state index contributed by atoms with van der Waals surface area (Å²) in [5.74, 6) is 0.103. The molecule has 6 rings (SSSR count). The van der Waals surface area contributed by atoms with Crippen molar-refractivity contribution < 1.29 is 4.79 Å². The third-order valence-electron chi connectivity index (χ3n) is 6.14. The van der Waals surface area contributed by atoms with Crippen LogP contribution >= 0.6 is 11.3 Å². The van der Waals surface area contributed by atoms with Crippen LogP contribution in [0.4, 0.5) is 0 Å². The summed E-state index contributed by atoms with van der Waals surface area (Å²) in [4.78, 5) is 17.2. The van der Waals surface area contributed by atoms with Crippen molar-refractivity contribution in [2.24, 2.45) is 0 Å². The first-order valence-electron chi connectivity index (χ1n) is 10.8. The van der Waals surface area contributed by atoms with E-state index in [1.165, 1.54) is 22.5 Å². The Labute approximate surface area is 189 Å². The maximum Gasteiger partial charge on any atom is 0.169 e. The highest BCUT2D eigenvalue weighted by Crippen LogP contribution is 2.37. The van der Waals surface area contributed by atoms with E-state index in [2.05, 4.69) is 69.0 Å². The molecule has 0 fully saturated rings. The highest BCUT2D eigenvalue weighted by atomic mass is 32.1. The van der Waals surface area contributed by atoms with Gasteiger partial charge in [0, 0.05) is 33.3 Å². The van der Waals surface area contributed by atoms with Crippen LogP contribution in [0.1, 0.15) is 28.6 Å². The number of aromatic amines is 2. The molecule has 5 aromatic rings. The molecule has 158 valence electrons. The summed E-state index contributed by atoms with van der Waals surface area (Å²) in [6.45, 7) is 3.55. The monoisotopic (exact) mass is 438 g/mol. The van der Waals surface area contributed by atoms with Crippen LogP contribution in [0.25, 0.3) is 49.2 Å². The van der Waals surface area contributed by atoms with Gasteiger partial charge in [-0.3, -0.25) is 9.89 Å². The molecule has 6 heteroatoms. The zero-order chi connectivity index (χ0) is 21.7. The fourth-order valence-corrected chi connectivity index (χ4v) is 5.41. The summed E-state index contributed by atoms with van der Waals surface area (Å²) in [5.41, 5.74) is 7.77. The molecule has 32 heavy (non-hydrogen) atoms. The summed E-state index contributed by atoms with van der Waals surface area (Å²) in [5, 5.41) is 13.5. The molecular formula is C26H22N4OS. The molecule has 0 aliphatic carbocycles. The van der Waals surface area contributed by atoms with Gasteiger partial charge in [-0.1, -0.05) is 24.3 Å². The molecule has 0 amide bonds. The van der Waals surface area contributed by atoms with Gasteiger partial charge in [-0.25, -0.2) is 0 Å². The molecule has 3 aromatic heterocycles. The number of H-pyrrole nitrogens is 2. The van der Waals surface area contributed by atoms with Crippen LogP contribution in [0.3, 0.4) is 0 Å². The molecule has 0 spiro atoms. The fraction of sp³-hybridized carbons (Fsp3) is 0.154. The van der Waals surface area contributed by atoms with E-state index in [1.807, 2.05) is 12.1 Å². The molecule has 1 aliphatic heterocycles. The number of nitrogens with zero attached hydrogens (tertiary/aromatic N) is 1. The van der Waals surface area contributed by atoms with Crippen LogP contribution in [0.2, 0.25) is 0 Å². The molecule has 0 bridgehead atoms. The molecule has 1 aliphatic rings. The molecule has 0 atom stereocenters. The van der Waals surface area contributed by atoms with Gasteiger partial charge < -0.3 is 10.3 Å². The largest absolute Gasteiger partial charge is 0.353 e. The van der Waals surface area contributed by atoms with Crippen LogP contribution in [0, 0.1) is 0 Å². The SMILES string of the molecule is CC(=O)c1ccc(-c2cccc3[nH]c(-c4n[nH]c5ccc(C6=CCNCC6)cc45)cc23)s1. The highest BCUT2D eigenvalue weighted by molar-refractivity contribution is 7.17. The van der Waals surface area contributed by atoms with Gasteiger partial charge in [0.2, 0.25) is 0 Å². The molecule has 0 saturated carbocycles. The summed E-state index contributed by atoms with van der Waals surface area (Å²) in [6, 6.07) is 18.9. The van der Waals surface area contributed by atoms with Crippen molar-refractivity contribution in [2.45, 2.75) is 13.3 Å². The number of fused-ring (bicyclic) bond motifs is 2. The van der Waals surface area contributed by atoms with Crippen LogP contribution < -0.4 is 5.32 Å². The summed E-state index contributed by atoms with van der Waals surface area (Å²) in [6.07, 6.45) is 3.31. The summed E-state index contributed by atoms with van der Waals surface area (Å²) >= 11 is 1.54. The van der Waals surface area contributed by atoms with E-state index in [1.54, 1.807) is 6.92 Å². The average Bonchev–Trinajstić information content (AvgIpc) is 3.56. The van der Waals surface area contributed by atoms with E-state index in [0.717, 1.165) is 68.0 Å². The molecule has 0 saturated heterocycles. The van der Waals surface area contributed by atoms with Crippen molar-refractivity contribution in [3.63, 3.8) is 0 Å². The molecule has 0 unspecified atom stereocenters. The lowest BCUT2D eigenvalue weighted by Gasteiger charge is -2.14. The van der Waals surface area contributed by atoms with Gasteiger partial charge in [0.1, 0.15) is 5.69 Å². The summed E-state index contributed by atoms with van der Waals surface area (Å²) < 4.78 is 0. The Hall–Kier alpha value is -3.48. The van der Waals surface area contributed by atoms with Crippen molar-refractivity contribution in [3.8, 4) is 21.8 Å². The number of carbonyl (C=O) groups excluding carboxylic acids is 1. The number of carbonyl (C=O) groups is 1.